The summed E-state index contributed by atoms with van der Waals surface area (Å²) >= 11 is 5.95. The lowest BCUT2D eigenvalue weighted by atomic mass is 10.0. The van der Waals surface area contributed by atoms with E-state index in [4.69, 9.17) is 11.6 Å². The lowest BCUT2D eigenvalue weighted by Gasteiger charge is -2.24. The third-order valence-corrected chi connectivity index (χ3v) is 4.35. The Morgan fingerprint density at radius 1 is 1.17 bits per heavy atom. The molecule has 3 rings (SSSR count). The van der Waals surface area contributed by atoms with Crippen LogP contribution in [0.1, 0.15) is 34.9 Å². The number of benzene rings is 1. The number of amides is 1. The van der Waals surface area contributed by atoms with Crippen molar-refractivity contribution in [1.29, 1.82) is 0 Å². The van der Waals surface area contributed by atoms with Crippen LogP contribution in [0, 0.1) is 0 Å². The minimum atomic E-state index is -0.0692. The van der Waals surface area contributed by atoms with Crippen molar-refractivity contribution in [2.45, 2.75) is 18.9 Å². The fourth-order valence-corrected chi connectivity index (χ4v) is 2.99. The lowest BCUT2D eigenvalue weighted by Crippen LogP contribution is -2.31. The zero-order valence-corrected chi connectivity index (χ0v) is 14.0. The van der Waals surface area contributed by atoms with Crippen molar-refractivity contribution in [3.05, 3.63) is 52.7 Å². The van der Waals surface area contributed by atoms with Crippen molar-refractivity contribution in [2.24, 2.45) is 0 Å². The molecule has 0 bridgehead atoms. The van der Waals surface area contributed by atoms with Gasteiger partial charge in [-0.05, 0) is 42.7 Å². The van der Waals surface area contributed by atoms with Gasteiger partial charge in [-0.25, -0.2) is 0 Å². The molecule has 1 aliphatic rings. The van der Waals surface area contributed by atoms with E-state index in [1.165, 1.54) is 0 Å². The molecule has 0 spiro atoms. The van der Waals surface area contributed by atoms with Gasteiger partial charge in [0.05, 0.1) is 6.04 Å². The highest BCUT2D eigenvalue weighted by Crippen LogP contribution is 2.33. The van der Waals surface area contributed by atoms with Gasteiger partial charge in [0.25, 0.3) is 5.91 Å². The SMILES string of the molecule is CN(C)c1ccc(C(=O)N2CCC[C@@H]2c2ccc(Cl)cc2)nn1. The summed E-state index contributed by atoms with van der Waals surface area (Å²) in [6, 6.07) is 11.3. The minimum absolute atomic E-state index is 0.0692. The second-order valence-corrected chi connectivity index (χ2v) is 6.32. The largest absolute Gasteiger partial charge is 0.361 e. The molecule has 23 heavy (non-hydrogen) atoms. The fraction of sp³-hybridized carbons (Fsp3) is 0.353. The second-order valence-electron chi connectivity index (χ2n) is 5.88. The van der Waals surface area contributed by atoms with E-state index in [-0.39, 0.29) is 11.9 Å². The van der Waals surface area contributed by atoms with Crippen molar-refractivity contribution in [3.8, 4) is 0 Å². The van der Waals surface area contributed by atoms with E-state index in [0.29, 0.717) is 10.7 Å². The molecule has 0 N–H and O–H groups in total. The maximum absolute atomic E-state index is 12.8. The quantitative estimate of drug-likeness (QED) is 0.867. The van der Waals surface area contributed by atoms with Crippen molar-refractivity contribution in [2.75, 3.05) is 25.5 Å². The Morgan fingerprint density at radius 2 is 1.91 bits per heavy atom. The molecule has 1 aliphatic heterocycles. The molecule has 5 nitrogen and oxygen atoms in total. The van der Waals surface area contributed by atoms with Crippen LogP contribution in [0.3, 0.4) is 0 Å². The van der Waals surface area contributed by atoms with Crippen LogP contribution >= 0.6 is 11.6 Å². The third kappa shape index (κ3) is 3.29. The van der Waals surface area contributed by atoms with E-state index in [0.717, 1.165) is 30.8 Å². The summed E-state index contributed by atoms with van der Waals surface area (Å²) in [6.07, 6.45) is 1.94. The molecule has 1 saturated heterocycles. The summed E-state index contributed by atoms with van der Waals surface area (Å²) in [5.74, 6) is 0.664. The molecule has 0 unspecified atom stereocenters. The van der Waals surface area contributed by atoms with Crippen LogP contribution in [0.25, 0.3) is 0 Å². The Bertz CT molecular complexity index is 685. The number of likely N-dealkylation sites (tertiary alicyclic amines) is 1. The summed E-state index contributed by atoms with van der Waals surface area (Å²) in [6.45, 7) is 0.739. The summed E-state index contributed by atoms with van der Waals surface area (Å²) in [4.78, 5) is 16.5. The van der Waals surface area contributed by atoms with E-state index in [2.05, 4.69) is 10.2 Å². The molecule has 0 aliphatic carbocycles. The molecule has 120 valence electrons. The highest BCUT2D eigenvalue weighted by molar-refractivity contribution is 6.30. The van der Waals surface area contributed by atoms with Crippen LogP contribution in [0.5, 0.6) is 0 Å². The van der Waals surface area contributed by atoms with Crippen molar-refractivity contribution in [1.82, 2.24) is 15.1 Å². The molecule has 0 radical (unpaired) electrons. The summed E-state index contributed by atoms with van der Waals surface area (Å²) in [5.41, 5.74) is 1.49. The van der Waals surface area contributed by atoms with Gasteiger partial charge in [0.1, 0.15) is 0 Å². The highest BCUT2D eigenvalue weighted by atomic mass is 35.5. The molecule has 1 amide bonds. The first kappa shape index (κ1) is 15.7. The van der Waals surface area contributed by atoms with Gasteiger partial charge >= 0.3 is 0 Å². The average molecular weight is 331 g/mol. The van der Waals surface area contributed by atoms with Gasteiger partial charge in [0, 0.05) is 25.7 Å². The minimum Gasteiger partial charge on any atom is -0.361 e. The lowest BCUT2D eigenvalue weighted by molar-refractivity contribution is 0.0728. The Kier molecular flexibility index (Phi) is 4.48. The molecule has 6 heteroatoms. The average Bonchev–Trinajstić information content (AvgIpc) is 3.04. The number of hydrogen-bond donors (Lipinski definition) is 0. The molecule has 1 aromatic carbocycles. The Labute approximate surface area is 140 Å². The van der Waals surface area contributed by atoms with Gasteiger partial charge in [-0.1, -0.05) is 23.7 Å². The van der Waals surface area contributed by atoms with Crippen LogP contribution in [0.15, 0.2) is 36.4 Å². The van der Waals surface area contributed by atoms with Gasteiger partial charge in [-0.15, -0.1) is 10.2 Å². The normalized spacial score (nSPS) is 17.3. The zero-order valence-electron chi connectivity index (χ0n) is 13.2. The predicted molar refractivity (Wildman–Crippen MR) is 90.8 cm³/mol. The number of anilines is 1. The van der Waals surface area contributed by atoms with Crippen molar-refractivity contribution >= 4 is 23.3 Å². The number of carbonyl (C=O) groups excluding carboxylic acids is 1. The number of nitrogens with zero attached hydrogens (tertiary/aromatic N) is 4. The zero-order chi connectivity index (χ0) is 16.4. The number of rotatable bonds is 3. The number of halogens is 1. The maximum Gasteiger partial charge on any atom is 0.274 e. The molecule has 1 aromatic heterocycles. The molecule has 0 saturated carbocycles. The third-order valence-electron chi connectivity index (χ3n) is 4.10. The van der Waals surface area contributed by atoms with E-state index in [9.17, 15) is 4.79 Å². The standard InChI is InChI=1S/C17H19ClN4O/c1-21(2)16-10-9-14(19-20-16)17(23)22-11-3-4-15(22)12-5-7-13(18)8-6-12/h5-10,15H,3-4,11H2,1-2H3/t15-/m1/s1. The molecule has 1 atom stereocenters. The summed E-state index contributed by atoms with van der Waals surface area (Å²) < 4.78 is 0. The van der Waals surface area contributed by atoms with Crippen LogP contribution in [0.2, 0.25) is 5.02 Å². The van der Waals surface area contributed by atoms with Crippen molar-refractivity contribution < 1.29 is 4.79 Å². The molecule has 1 fully saturated rings. The predicted octanol–water partition coefficient (Wildman–Crippen LogP) is 3.17. The van der Waals surface area contributed by atoms with E-state index in [1.807, 2.05) is 54.2 Å². The number of aromatic nitrogens is 2. The van der Waals surface area contributed by atoms with Gasteiger partial charge < -0.3 is 9.80 Å². The van der Waals surface area contributed by atoms with Crippen LogP contribution in [-0.2, 0) is 0 Å². The second kappa shape index (κ2) is 6.54. The molecule has 2 heterocycles. The van der Waals surface area contributed by atoms with Crippen LogP contribution in [-0.4, -0.2) is 41.6 Å². The Hall–Kier alpha value is -2.14. The highest BCUT2D eigenvalue weighted by Gasteiger charge is 2.31. The summed E-state index contributed by atoms with van der Waals surface area (Å²) in [7, 11) is 3.78. The van der Waals surface area contributed by atoms with Crippen LogP contribution in [0.4, 0.5) is 5.82 Å². The molecular formula is C17H19ClN4O. The van der Waals surface area contributed by atoms with Gasteiger partial charge in [-0.3, -0.25) is 4.79 Å². The van der Waals surface area contributed by atoms with Gasteiger partial charge in [0.2, 0.25) is 0 Å². The first-order valence-corrected chi connectivity index (χ1v) is 8.01. The van der Waals surface area contributed by atoms with E-state index >= 15 is 0 Å². The first-order valence-electron chi connectivity index (χ1n) is 7.64. The van der Waals surface area contributed by atoms with Crippen LogP contribution < -0.4 is 4.90 Å². The van der Waals surface area contributed by atoms with Crippen molar-refractivity contribution in [3.63, 3.8) is 0 Å². The maximum atomic E-state index is 12.8. The van der Waals surface area contributed by atoms with Gasteiger partial charge in [-0.2, -0.15) is 0 Å². The van der Waals surface area contributed by atoms with E-state index < -0.39 is 0 Å². The Morgan fingerprint density at radius 3 is 2.52 bits per heavy atom. The fourth-order valence-electron chi connectivity index (χ4n) is 2.87. The molecule has 2 aromatic rings. The Balaban J connectivity index is 1.81. The first-order chi connectivity index (χ1) is 11.1. The smallest absolute Gasteiger partial charge is 0.274 e. The summed E-state index contributed by atoms with van der Waals surface area (Å²) in [5, 5.41) is 8.88. The topological polar surface area (TPSA) is 49.3 Å². The number of hydrogen-bond acceptors (Lipinski definition) is 4. The number of carbonyl (C=O) groups is 1. The van der Waals surface area contributed by atoms with E-state index in [1.54, 1.807) is 6.07 Å². The monoisotopic (exact) mass is 330 g/mol. The molecular weight excluding hydrogens is 312 g/mol. The van der Waals surface area contributed by atoms with Gasteiger partial charge in [0.15, 0.2) is 11.5 Å².